The zero-order chi connectivity index (χ0) is 22.3. The molecule has 2 aromatic rings. The van der Waals surface area contributed by atoms with E-state index in [1.165, 1.54) is 5.56 Å². The first-order valence-electron chi connectivity index (χ1n) is 11.2. The Balaban J connectivity index is 1.36. The van der Waals surface area contributed by atoms with Gasteiger partial charge in [0.15, 0.2) is 0 Å². The monoisotopic (exact) mass is 451 g/mol. The second-order valence-electron chi connectivity index (χ2n) is 8.24. The Labute approximate surface area is 193 Å². The first kappa shape index (κ1) is 22.4. The topological polar surface area (TPSA) is 69.7 Å². The van der Waals surface area contributed by atoms with Gasteiger partial charge in [0.05, 0.1) is 0 Å². The SMILES string of the molecule is O=C(NCCCN1CCCC1=O)[C@H](CSCc1ccccc1)N1Cc2ccccc2C1=O. The molecule has 1 atom stereocenters. The Kier molecular flexibility index (Phi) is 7.47. The van der Waals surface area contributed by atoms with E-state index in [4.69, 9.17) is 0 Å². The molecule has 0 aliphatic carbocycles. The van der Waals surface area contributed by atoms with Crippen LogP contribution in [0.2, 0.25) is 0 Å². The molecule has 2 heterocycles. The summed E-state index contributed by atoms with van der Waals surface area (Å²) in [6, 6.07) is 17.2. The number of benzene rings is 2. The third-order valence-corrected chi connectivity index (χ3v) is 7.08. The molecule has 2 aliphatic heterocycles. The van der Waals surface area contributed by atoms with Crippen LogP contribution in [0.4, 0.5) is 0 Å². The summed E-state index contributed by atoms with van der Waals surface area (Å²) in [5.41, 5.74) is 2.85. The molecule has 0 saturated carbocycles. The van der Waals surface area contributed by atoms with Crippen LogP contribution in [-0.2, 0) is 21.9 Å². The number of rotatable bonds is 10. The second-order valence-corrected chi connectivity index (χ2v) is 9.27. The Bertz CT molecular complexity index is 966. The van der Waals surface area contributed by atoms with E-state index in [9.17, 15) is 14.4 Å². The van der Waals surface area contributed by atoms with Crippen LogP contribution in [0.25, 0.3) is 0 Å². The van der Waals surface area contributed by atoms with E-state index in [0.29, 0.717) is 37.4 Å². The fourth-order valence-electron chi connectivity index (χ4n) is 4.24. The van der Waals surface area contributed by atoms with E-state index in [1.807, 2.05) is 47.4 Å². The third-order valence-electron chi connectivity index (χ3n) is 5.99. The molecule has 1 N–H and O–H groups in total. The van der Waals surface area contributed by atoms with Crippen LogP contribution < -0.4 is 5.32 Å². The van der Waals surface area contributed by atoms with Crippen molar-refractivity contribution in [1.82, 2.24) is 15.1 Å². The number of likely N-dealkylation sites (tertiary alicyclic amines) is 1. The maximum absolute atomic E-state index is 13.1. The molecule has 2 aliphatic rings. The van der Waals surface area contributed by atoms with Crippen molar-refractivity contribution < 1.29 is 14.4 Å². The minimum atomic E-state index is -0.531. The molecule has 7 heteroatoms. The highest BCUT2D eigenvalue weighted by atomic mass is 32.2. The van der Waals surface area contributed by atoms with Crippen molar-refractivity contribution in [3.63, 3.8) is 0 Å². The van der Waals surface area contributed by atoms with Crippen molar-refractivity contribution in [3.8, 4) is 0 Å². The summed E-state index contributed by atoms with van der Waals surface area (Å²) in [6.07, 6.45) is 2.27. The van der Waals surface area contributed by atoms with Crippen LogP contribution in [0.5, 0.6) is 0 Å². The van der Waals surface area contributed by atoms with Crippen LogP contribution in [0.3, 0.4) is 0 Å². The van der Waals surface area contributed by atoms with Crippen molar-refractivity contribution in [3.05, 3.63) is 71.3 Å². The molecule has 0 spiro atoms. The number of thioether (sulfide) groups is 1. The van der Waals surface area contributed by atoms with Crippen molar-refractivity contribution in [2.45, 2.75) is 37.6 Å². The van der Waals surface area contributed by atoms with Gasteiger partial charge in [-0.1, -0.05) is 48.5 Å². The third kappa shape index (κ3) is 5.33. The van der Waals surface area contributed by atoms with Crippen LogP contribution in [0.15, 0.2) is 54.6 Å². The zero-order valence-electron chi connectivity index (χ0n) is 18.2. The highest BCUT2D eigenvalue weighted by molar-refractivity contribution is 7.98. The van der Waals surface area contributed by atoms with E-state index < -0.39 is 6.04 Å². The number of carbonyl (C=O) groups is 3. The van der Waals surface area contributed by atoms with Gasteiger partial charge in [0.25, 0.3) is 5.91 Å². The molecule has 0 radical (unpaired) electrons. The van der Waals surface area contributed by atoms with Crippen molar-refractivity contribution in [2.24, 2.45) is 0 Å². The summed E-state index contributed by atoms with van der Waals surface area (Å²) in [7, 11) is 0. The standard InChI is InChI=1S/C25H29N3O3S/c29-23-12-6-14-27(23)15-7-13-26-24(30)22(18-32-17-19-8-2-1-3-9-19)28-16-20-10-4-5-11-21(20)25(28)31/h1-5,8-11,22H,6-7,12-18H2,(H,26,30)/t22-/m0/s1. The summed E-state index contributed by atoms with van der Waals surface area (Å²) in [5.74, 6) is 1.32. The van der Waals surface area contributed by atoms with Crippen LogP contribution in [-0.4, -0.2) is 59.0 Å². The van der Waals surface area contributed by atoms with E-state index in [1.54, 1.807) is 16.7 Å². The number of nitrogens with zero attached hydrogens (tertiary/aromatic N) is 2. The average molecular weight is 452 g/mol. The van der Waals surface area contributed by atoms with Gasteiger partial charge < -0.3 is 15.1 Å². The van der Waals surface area contributed by atoms with E-state index >= 15 is 0 Å². The molecule has 0 bridgehead atoms. The van der Waals surface area contributed by atoms with Gasteiger partial charge in [-0.05, 0) is 30.0 Å². The quantitative estimate of drug-likeness (QED) is 0.564. The molecular formula is C25H29N3O3S. The molecular weight excluding hydrogens is 422 g/mol. The van der Waals surface area contributed by atoms with Gasteiger partial charge in [0.1, 0.15) is 6.04 Å². The largest absolute Gasteiger partial charge is 0.354 e. The first-order valence-corrected chi connectivity index (χ1v) is 12.3. The maximum Gasteiger partial charge on any atom is 0.255 e. The Morgan fingerprint density at radius 1 is 1.06 bits per heavy atom. The number of hydrogen-bond donors (Lipinski definition) is 1. The fourth-order valence-corrected chi connectivity index (χ4v) is 5.34. The van der Waals surface area contributed by atoms with Crippen LogP contribution >= 0.6 is 11.8 Å². The number of amides is 3. The Morgan fingerprint density at radius 2 is 1.84 bits per heavy atom. The molecule has 2 aromatic carbocycles. The van der Waals surface area contributed by atoms with Gasteiger partial charge in [-0.2, -0.15) is 11.8 Å². The smallest absolute Gasteiger partial charge is 0.255 e. The molecule has 32 heavy (non-hydrogen) atoms. The average Bonchev–Trinajstić information content (AvgIpc) is 3.37. The lowest BCUT2D eigenvalue weighted by molar-refractivity contribution is -0.127. The molecule has 6 nitrogen and oxygen atoms in total. The number of hydrogen-bond acceptors (Lipinski definition) is 4. The summed E-state index contributed by atoms with van der Waals surface area (Å²) < 4.78 is 0. The molecule has 1 saturated heterocycles. The van der Waals surface area contributed by atoms with Crippen LogP contribution in [0, 0.1) is 0 Å². The summed E-state index contributed by atoms with van der Waals surface area (Å²) in [5, 5.41) is 3.01. The lowest BCUT2D eigenvalue weighted by atomic mass is 10.1. The van der Waals surface area contributed by atoms with Gasteiger partial charge in [-0.15, -0.1) is 0 Å². The van der Waals surface area contributed by atoms with Crippen LogP contribution in [0.1, 0.15) is 40.7 Å². The predicted molar refractivity (Wildman–Crippen MR) is 126 cm³/mol. The minimum Gasteiger partial charge on any atom is -0.354 e. The Hall–Kier alpha value is -2.80. The lowest BCUT2D eigenvalue weighted by Crippen LogP contribution is -2.49. The molecule has 3 amide bonds. The fraction of sp³-hybridized carbons (Fsp3) is 0.400. The van der Waals surface area contributed by atoms with Crippen molar-refractivity contribution in [2.75, 3.05) is 25.4 Å². The van der Waals surface area contributed by atoms with Gasteiger partial charge >= 0.3 is 0 Å². The second kappa shape index (κ2) is 10.7. The highest BCUT2D eigenvalue weighted by Gasteiger charge is 2.36. The van der Waals surface area contributed by atoms with E-state index in [0.717, 1.165) is 30.7 Å². The van der Waals surface area contributed by atoms with E-state index in [2.05, 4.69) is 17.4 Å². The number of nitrogens with one attached hydrogen (secondary N) is 1. The normalized spacial score (nSPS) is 16.4. The lowest BCUT2D eigenvalue weighted by Gasteiger charge is -2.27. The molecule has 0 aromatic heterocycles. The Morgan fingerprint density at radius 3 is 2.59 bits per heavy atom. The highest BCUT2D eigenvalue weighted by Crippen LogP contribution is 2.26. The maximum atomic E-state index is 13.1. The van der Waals surface area contributed by atoms with Gasteiger partial charge in [-0.3, -0.25) is 14.4 Å². The molecule has 1 fully saturated rings. The summed E-state index contributed by atoms with van der Waals surface area (Å²) in [6.45, 7) is 2.44. The van der Waals surface area contributed by atoms with Gasteiger partial charge in [0, 0.05) is 49.7 Å². The number of fused-ring (bicyclic) bond motifs is 1. The first-order chi connectivity index (χ1) is 15.6. The van der Waals surface area contributed by atoms with Crippen molar-refractivity contribution >= 4 is 29.5 Å². The minimum absolute atomic E-state index is 0.0799. The van der Waals surface area contributed by atoms with Crippen molar-refractivity contribution in [1.29, 1.82) is 0 Å². The van der Waals surface area contributed by atoms with E-state index in [-0.39, 0.29) is 17.7 Å². The molecule has 4 rings (SSSR count). The molecule has 168 valence electrons. The predicted octanol–water partition coefficient (Wildman–Crippen LogP) is 3.07. The van der Waals surface area contributed by atoms with Gasteiger partial charge in [-0.25, -0.2) is 0 Å². The zero-order valence-corrected chi connectivity index (χ0v) is 19.0. The van der Waals surface area contributed by atoms with Gasteiger partial charge in [0.2, 0.25) is 11.8 Å². The summed E-state index contributed by atoms with van der Waals surface area (Å²) >= 11 is 1.66. The summed E-state index contributed by atoms with van der Waals surface area (Å²) in [4.78, 5) is 41.5. The molecule has 0 unspecified atom stereocenters. The number of carbonyl (C=O) groups excluding carboxylic acids is 3.